The van der Waals surface area contributed by atoms with Crippen molar-refractivity contribution in [3.63, 3.8) is 0 Å². The molecule has 31 heavy (non-hydrogen) atoms. The Bertz CT molecular complexity index is 1350. The minimum absolute atomic E-state index is 0.250. The Labute approximate surface area is 183 Å². The Balaban J connectivity index is 1.74. The summed E-state index contributed by atoms with van der Waals surface area (Å²) in [5, 5.41) is 2.48. The number of benzene rings is 2. The zero-order valence-corrected chi connectivity index (χ0v) is 18.1. The van der Waals surface area contributed by atoms with E-state index in [4.69, 9.17) is 17.3 Å². The summed E-state index contributed by atoms with van der Waals surface area (Å²) >= 11 is 6.24. The number of nitrogens with zero attached hydrogens (tertiary/aromatic N) is 2. The molecule has 1 saturated carbocycles. The maximum absolute atomic E-state index is 13.3. The SMILES string of the molecule is CC(N)c1nc2cccc(Cl)c2c(=O)n1-c1cccc(NC(=O)NS(=O)(=O)C2CC2)c1. The van der Waals surface area contributed by atoms with Crippen molar-refractivity contribution in [3.05, 3.63) is 63.7 Å². The van der Waals surface area contributed by atoms with E-state index in [9.17, 15) is 18.0 Å². The van der Waals surface area contributed by atoms with Crippen LogP contribution in [0.25, 0.3) is 16.6 Å². The van der Waals surface area contributed by atoms with Crippen LogP contribution in [-0.4, -0.2) is 29.2 Å². The van der Waals surface area contributed by atoms with Gasteiger partial charge in [-0.05, 0) is 50.1 Å². The molecule has 2 aromatic carbocycles. The van der Waals surface area contributed by atoms with Gasteiger partial charge >= 0.3 is 6.03 Å². The van der Waals surface area contributed by atoms with Crippen LogP contribution in [0.1, 0.15) is 31.6 Å². The van der Waals surface area contributed by atoms with Crippen molar-refractivity contribution in [3.8, 4) is 5.69 Å². The maximum Gasteiger partial charge on any atom is 0.332 e. The highest BCUT2D eigenvalue weighted by molar-refractivity contribution is 7.90. The van der Waals surface area contributed by atoms with Gasteiger partial charge in [-0.25, -0.2) is 22.9 Å². The van der Waals surface area contributed by atoms with Gasteiger partial charge in [-0.1, -0.05) is 23.7 Å². The van der Waals surface area contributed by atoms with E-state index < -0.39 is 32.9 Å². The van der Waals surface area contributed by atoms with E-state index >= 15 is 0 Å². The number of carbonyl (C=O) groups is 1. The molecular formula is C20H20ClN5O4S. The van der Waals surface area contributed by atoms with E-state index in [2.05, 4.69) is 10.3 Å². The fourth-order valence-corrected chi connectivity index (χ4v) is 4.72. The van der Waals surface area contributed by atoms with Crippen LogP contribution in [0, 0.1) is 0 Å². The third-order valence-corrected chi connectivity index (χ3v) is 6.97. The molecule has 1 atom stereocenters. The summed E-state index contributed by atoms with van der Waals surface area (Å²) in [6.07, 6.45) is 1.08. The standard InChI is InChI=1S/C20H20ClN5O4S/c1-11(22)18-24-16-7-3-6-15(21)17(16)19(27)26(18)13-5-2-4-12(10-13)23-20(28)25-31(29,30)14-8-9-14/h2-7,10-11,14H,8-9,22H2,1H3,(H2,23,25,28). The molecule has 1 heterocycles. The molecule has 1 fully saturated rings. The van der Waals surface area contributed by atoms with Crippen LogP contribution in [-0.2, 0) is 10.0 Å². The summed E-state index contributed by atoms with van der Waals surface area (Å²) in [7, 11) is -3.68. The molecule has 4 rings (SSSR count). The molecule has 1 aromatic heterocycles. The van der Waals surface area contributed by atoms with Gasteiger partial charge in [0.2, 0.25) is 10.0 Å². The number of hydrogen-bond donors (Lipinski definition) is 3. The molecule has 3 aromatic rings. The van der Waals surface area contributed by atoms with Crippen LogP contribution in [0.5, 0.6) is 0 Å². The molecule has 9 nitrogen and oxygen atoms in total. The van der Waals surface area contributed by atoms with Crippen molar-refractivity contribution in [1.29, 1.82) is 0 Å². The van der Waals surface area contributed by atoms with Gasteiger partial charge in [-0.15, -0.1) is 0 Å². The maximum atomic E-state index is 13.3. The minimum Gasteiger partial charge on any atom is -0.322 e. The molecule has 4 N–H and O–H groups in total. The number of fused-ring (bicyclic) bond motifs is 1. The second kappa shape index (κ2) is 7.95. The topological polar surface area (TPSA) is 136 Å². The third-order valence-electron chi connectivity index (χ3n) is 4.84. The number of halogens is 1. The molecular weight excluding hydrogens is 442 g/mol. The van der Waals surface area contributed by atoms with Gasteiger partial charge < -0.3 is 11.1 Å². The van der Waals surface area contributed by atoms with Gasteiger partial charge in [-0.2, -0.15) is 0 Å². The highest BCUT2D eigenvalue weighted by Gasteiger charge is 2.36. The van der Waals surface area contributed by atoms with Crippen molar-refractivity contribution in [1.82, 2.24) is 14.3 Å². The number of anilines is 1. The average molecular weight is 462 g/mol. The van der Waals surface area contributed by atoms with E-state index in [1.165, 1.54) is 10.6 Å². The lowest BCUT2D eigenvalue weighted by Crippen LogP contribution is -2.36. The fourth-order valence-electron chi connectivity index (χ4n) is 3.23. The first-order valence-electron chi connectivity index (χ1n) is 9.57. The van der Waals surface area contributed by atoms with Crippen molar-refractivity contribution in [2.24, 2.45) is 5.73 Å². The van der Waals surface area contributed by atoms with E-state index in [1.54, 1.807) is 43.3 Å². The van der Waals surface area contributed by atoms with Crippen LogP contribution in [0.15, 0.2) is 47.3 Å². The number of hydrogen-bond acceptors (Lipinski definition) is 6. The van der Waals surface area contributed by atoms with Crippen LogP contribution < -0.4 is 21.3 Å². The Kier molecular flexibility index (Phi) is 5.46. The van der Waals surface area contributed by atoms with E-state index in [0.717, 1.165) is 0 Å². The second-order valence-electron chi connectivity index (χ2n) is 7.38. The second-order valence-corrected chi connectivity index (χ2v) is 9.75. The smallest absolute Gasteiger partial charge is 0.322 e. The number of urea groups is 1. The van der Waals surface area contributed by atoms with Gasteiger partial charge in [0.1, 0.15) is 5.82 Å². The third kappa shape index (κ3) is 4.27. The summed E-state index contributed by atoms with van der Waals surface area (Å²) in [5.41, 5.74) is 6.79. The minimum atomic E-state index is -3.68. The quantitative estimate of drug-likeness (QED) is 0.534. The molecule has 0 saturated heterocycles. The molecule has 0 bridgehead atoms. The Morgan fingerprint density at radius 2 is 1.97 bits per heavy atom. The first-order chi connectivity index (χ1) is 14.7. The van der Waals surface area contributed by atoms with Crippen LogP contribution in [0.3, 0.4) is 0 Å². The average Bonchev–Trinajstić information content (AvgIpc) is 3.53. The van der Waals surface area contributed by atoms with E-state index in [0.29, 0.717) is 35.6 Å². The Morgan fingerprint density at radius 3 is 2.65 bits per heavy atom. The lowest BCUT2D eigenvalue weighted by atomic mass is 10.2. The molecule has 162 valence electrons. The number of aromatic nitrogens is 2. The molecule has 1 aliphatic carbocycles. The molecule has 1 aliphatic rings. The molecule has 0 spiro atoms. The van der Waals surface area contributed by atoms with E-state index in [1.807, 2.05) is 4.72 Å². The van der Waals surface area contributed by atoms with Crippen molar-refractivity contribution >= 4 is 44.2 Å². The van der Waals surface area contributed by atoms with Crippen molar-refractivity contribution in [2.45, 2.75) is 31.1 Å². The molecule has 1 unspecified atom stereocenters. The predicted octanol–water partition coefficient (Wildman–Crippen LogP) is 2.67. The molecule has 0 radical (unpaired) electrons. The first-order valence-corrected chi connectivity index (χ1v) is 11.5. The summed E-state index contributed by atoms with van der Waals surface area (Å²) in [4.78, 5) is 29.9. The number of sulfonamides is 1. The van der Waals surface area contributed by atoms with Gasteiger partial charge in [0, 0.05) is 5.69 Å². The fraction of sp³-hybridized carbons (Fsp3) is 0.250. The summed E-state index contributed by atoms with van der Waals surface area (Å²) in [5.74, 6) is 0.317. The van der Waals surface area contributed by atoms with Crippen LogP contribution >= 0.6 is 11.6 Å². The number of carbonyl (C=O) groups excluding carboxylic acids is 1. The van der Waals surface area contributed by atoms with Crippen molar-refractivity contribution < 1.29 is 13.2 Å². The lowest BCUT2D eigenvalue weighted by Gasteiger charge is -2.17. The summed E-state index contributed by atoms with van der Waals surface area (Å²) < 4.78 is 27.2. The van der Waals surface area contributed by atoms with Gasteiger partial charge in [0.15, 0.2) is 0 Å². The largest absolute Gasteiger partial charge is 0.332 e. The normalized spacial score (nSPS) is 14.9. The predicted molar refractivity (Wildman–Crippen MR) is 119 cm³/mol. The zero-order chi connectivity index (χ0) is 22.3. The monoisotopic (exact) mass is 461 g/mol. The highest BCUT2D eigenvalue weighted by Crippen LogP contribution is 2.27. The highest BCUT2D eigenvalue weighted by atomic mass is 35.5. The van der Waals surface area contributed by atoms with E-state index in [-0.39, 0.29) is 10.4 Å². The number of amides is 2. The molecule has 2 amide bonds. The van der Waals surface area contributed by atoms with Crippen molar-refractivity contribution in [2.75, 3.05) is 5.32 Å². The van der Waals surface area contributed by atoms with Gasteiger partial charge in [0.25, 0.3) is 5.56 Å². The van der Waals surface area contributed by atoms with Gasteiger partial charge in [-0.3, -0.25) is 9.36 Å². The number of nitrogens with two attached hydrogens (primary N) is 1. The Hall–Kier alpha value is -2.95. The van der Waals surface area contributed by atoms with Gasteiger partial charge in [0.05, 0.1) is 32.9 Å². The number of nitrogens with one attached hydrogen (secondary N) is 2. The summed E-state index contributed by atoms with van der Waals surface area (Å²) in [6.45, 7) is 1.70. The van der Waals surface area contributed by atoms with Crippen LogP contribution in [0.2, 0.25) is 5.02 Å². The first kappa shape index (κ1) is 21.3. The number of rotatable bonds is 5. The zero-order valence-electron chi connectivity index (χ0n) is 16.5. The van der Waals surface area contributed by atoms with Crippen LogP contribution in [0.4, 0.5) is 10.5 Å². The lowest BCUT2D eigenvalue weighted by molar-refractivity contribution is 0.256. The Morgan fingerprint density at radius 1 is 1.26 bits per heavy atom. The molecule has 11 heteroatoms. The molecule has 0 aliphatic heterocycles. The summed E-state index contributed by atoms with van der Waals surface area (Å²) in [6, 6.07) is 9.92.